The van der Waals surface area contributed by atoms with Crippen molar-refractivity contribution in [2.45, 2.75) is 39.3 Å². The van der Waals surface area contributed by atoms with Crippen LogP contribution in [0.5, 0.6) is 0 Å². The number of carbonyl (C=O) groups excluding carboxylic acids is 1. The zero-order chi connectivity index (χ0) is 11.1. The number of primary amides is 1. The van der Waals surface area contributed by atoms with Crippen LogP contribution >= 0.6 is 0 Å². The summed E-state index contributed by atoms with van der Waals surface area (Å²) in [5.74, 6) is -0.260. The molecule has 0 saturated heterocycles. The first-order valence-electron chi connectivity index (χ1n) is 5.22. The molecule has 14 heavy (non-hydrogen) atoms. The molecule has 1 amide bonds. The Labute approximate surface area is 86.8 Å². The van der Waals surface area contributed by atoms with Gasteiger partial charge >= 0.3 is 0 Å². The van der Waals surface area contributed by atoms with Gasteiger partial charge in [-0.25, -0.2) is 0 Å². The van der Waals surface area contributed by atoms with Crippen molar-refractivity contribution in [3.05, 3.63) is 0 Å². The summed E-state index contributed by atoms with van der Waals surface area (Å²) < 4.78 is 0. The standard InChI is InChI=1S/C10H23N3O/c1-5-12-9(10(11)14)6-7-13(4)8(2)3/h8-9,12H,5-7H2,1-4H3,(H2,11,14). The van der Waals surface area contributed by atoms with E-state index in [1.165, 1.54) is 0 Å². The fourth-order valence-corrected chi connectivity index (χ4v) is 1.18. The number of nitrogens with two attached hydrogens (primary N) is 1. The Morgan fingerprint density at radius 1 is 1.50 bits per heavy atom. The number of nitrogens with one attached hydrogen (secondary N) is 1. The van der Waals surface area contributed by atoms with E-state index in [0.717, 1.165) is 19.5 Å². The third-order valence-electron chi connectivity index (χ3n) is 2.45. The molecule has 1 unspecified atom stereocenters. The van der Waals surface area contributed by atoms with Crippen molar-refractivity contribution in [1.82, 2.24) is 10.2 Å². The van der Waals surface area contributed by atoms with E-state index in [1.807, 2.05) is 6.92 Å². The second-order valence-corrected chi connectivity index (χ2v) is 3.88. The first-order valence-corrected chi connectivity index (χ1v) is 5.22. The summed E-state index contributed by atoms with van der Waals surface area (Å²) in [6.45, 7) is 7.90. The van der Waals surface area contributed by atoms with Crippen molar-refractivity contribution in [3.63, 3.8) is 0 Å². The second kappa shape index (κ2) is 6.79. The SMILES string of the molecule is CCNC(CCN(C)C(C)C)C(N)=O. The van der Waals surface area contributed by atoms with E-state index in [-0.39, 0.29) is 11.9 Å². The van der Waals surface area contributed by atoms with Gasteiger partial charge in [0.25, 0.3) is 0 Å². The average molecular weight is 201 g/mol. The van der Waals surface area contributed by atoms with Gasteiger partial charge in [0.05, 0.1) is 6.04 Å². The number of hydrogen-bond acceptors (Lipinski definition) is 3. The van der Waals surface area contributed by atoms with Gasteiger partial charge in [0.2, 0.25) is 5.91 Å². The smallest absolute Gasteiger partial charge is 0.234 e. The summed E-state index contributed by atoms with van der Waals surface area (Å²) in [6, 6.07) is 0.311. The molecule has 0 rings (SSSR count). The van der Waals surface area contributed by atoms with Gasteiger partial charge in [-0.15, -0.1) is 0 Å². The molecular formula is C10H23N3O. The summed E-state index contributed by atoms with van der Waals surface area (Å²) in [5.41, 5.74) is 5.27. The molecule has 4 heteroatoms. The highest BCUT2D eigenvalue weighted by Gasteiger charge is 2.14. The van der Waals surface area contributed by atoms with Gasteiger partial charge in [0.1, 0.15) is 0 Å². The minimum atomic E-state index is -0.260. The molecule has 0 aromatic rings. The number of hydrogen-bond donors (Lipinski definition) is 2. The van der Waals surface area contributed by atoms with E-state index < -0.39 is 0 Å². The van der Waals surface area contributed by atoms with E-state index in [1.54, 1.807) is 0 Å². The molecule has 0 aliphatic heterocycles. The van der Waals surface area contributed by atoms with Gasteiger partial charge in [-0.1, -0.05) is 6.92 Å². The maximum absolute atomic E-state index is 11.0. The van der Waals surface area contributed by atoms with Crippen molar-refractivity contribution in [3.8, 4) is 0 Å². The summed E-state index contributed by atoms with van der Waals surface area (Å²) >= 11 is 0. The van der Waals surface area contributed by atoms with Gasteiger partial charge < -0.3 is 16.0 Å². The molecule has 0 radical (unpaired) electrons. The number of rotatable bonds is 7. The van der Waals surface area contributed by atoms with Gasteiger partial charge in [0, 0.05) is 12.6 Å². The molecule has 0 saturated carbocycles. The molecule has 4 nitrogen and oxygen atoms in total. The highest BCUT2D eigenvalue weighted by atomic mass is 16.1. The summed E-state index contributed by atoms with van der Waals surface area (Å²) in [5, 5.41) is 3.08. The molecule has 0 aromatic heterocycles. The Bertz CT molecular complexity index is 171. The molecule has 0 aromatic carbocycles. The molecule has 0 aliphatic rings. The number of carbonyl (C=O) groups is 1. The number of likely N-dealkylation sites (N-methyl/N-ethyl adjacent to an activating group) is 1. The summed E-state index contributed by atoms with van der Waals surface area (Å²) in [6.07, 6.45) is 0.776. The van der Waals surface area contributed by atoms with E-state index >= 15 is 0 Å². The van der Waals surface area contributed by atoms with Gasteiger partial charge in [0.15, 0.2) is 0 Å². The number of amides is 1. The summed E-state index contributed by atoms with van der Waals surface area (Å²) in [4.78, 5) is 13.2. The molecule has 0 aliphatic carbocycles. The van der Waals surface area contributed by atoms with Crippen molar-refractivity contribution < 1.29 is 4.79 Å². The molecule has 0 spiro atoms. The van der Waals surface area contributed by atoms with Crippen LogP contribution in [-0.2, 0) is 4.79 Å². The predicted molar refractivity (Wildman–Crippen MR) is 59.0 cm³/mol. The zero-order valence-electron chi connectivity index (χ0n) is 9.71. The first kappa shape index (κ1) is 13.4. The van der Waals surface area contributed by atoms with Crippen LogP contribution < -0.4 is 11.1 Å². The van der Waals surface area contributed by atoms with E-state index in [0.29, 0.717) is 6.04 Å². The lowest BCUT2D eigenvalue weighted by molar-refractivity contribution is -0.120. The van der Waals surface area contributed by atoms with Crippen LogP contribution in [0.4, 0.5) is 0 Å². The van der Waals surface area contributed by atoms with Crippen LogP contribution in [0.25, 0.3) is 0 Å². The second-order valence-electron chi connectivity index (χ2n) is 3.88. The fourth-order valence-electron chi connectivity index (χ4n) is 1.18. The van der Waals surface area contributed by atoms with E-state index in [9.17, 15) is 4.79 Å². The monoisotopic (exact) mass is 201 g/mol. The van der Waals surface area contributed by atoms with Crippen LogP contribution in [0.3, 0.4) is 0 Å². The molecule has 0 bridgehead atoms. The Kier molecular flexibility index (Phi) is 6.49. The van der Waals surface area contributed by atoms with Gasteiger partial charge in [-0.3, -0.25) is 4.79 Å². The Hall–Kier alpha value is -0.610. The van der Waals surface area contributed by atoms with Crippen LogP contribution in [0.2, 0.25) is 0 Å². The van der Waals surface area contributed by atoms with Crippen LogP contribution in [0, 0.1) is 0 Å². The lowest BCUT2D eigenvalue weighted by Crippen LogP contribution is -2.43. The number of nitrogens with zero attached hydrogens (tertiary/aromatic N) is 1. The van der Waals surface area contributed by atoms with Crippen LogP contribution in [0.1, 0.15) is 27.2 Å². The molecule has 0 fully saturated rings. The van der Waals surface area contributed by atoms with Gasteiger partial charge in [-0.05, 0) is 33.9 Å². The molecule has 84 valence electrons. The van der Waals surface area contributed by atoms with Gasteiger partial charge in [-0.2, -0.15) is 0 Å². The topological polar surface area (TPSA) is 58.4 Å². The van der Waals surface area contributed by atoms with E-state index in [4.69, 9.17) is 5.73 Å². The van der Waals surface area contributed by atoms with Crippen molar-refractivity contribution >= 4 is 5.91 Å². The van der Waals surface area contributed by atoms with Crippen LogP contribution in [0.15, 0.2) is 0 Å². The molecule has 0 heterocycles. The fraction of sp³-hybridized carbons (Fsp3) is 0.900. The normalized spacial score (nSPS) is 13.6. The molecule has 1 atom stereocenters. The first-order chi connectivity index (χ1) is 6.49. The van der Waals surface area contributed by atoms with E-state index in [2.05, 4.69) is 31.1 Å². The lowest BCUT2D eigenvalue weighted by atomic mass is 10.1. The molecule has 3 N–H and O–H groups in total. The minimum absolute atomic E-state index is 0.193. The Balaban J connectivity index is 3.87. The largest absolute Gasteiger partial charge is 0.368 e. The Morgan fingerprint density at radius 3 is 2.43 bits per heavy atom. The zero-order valence-corrected chi connectivity index (χ0v) is 9.71. The van der Waals surface area contributed by atoms with Crippen molar-refractivity contribution in [2.24, 2.45) is 5.73 Å². The van der Waals surface area contributed by atoms with Crippen LogP contribution in [-0.4, -0.2) is 43.0 Å². The third-order valence-corrected chi connectivity index (χ3v) is 2.45. The lowest BCUT2D eigenvalue weighted by Gasteiger charge is -2.23. The molecular weight excluding hydrogens is 178 g/mol. The highest BCUT2D eigenvalue weighted by molar-refractivity contribution is 5.79. The average Bonchev–Trinajstić information content (AvgIpc) is 2.10. The maximum atomic E-state index is 11.0. The quantitative estimate of drug-likeness (QED) is 0.618. The van der Waals surface area contributed by atoms with Crippen molar-refractivity contribution in [2.75, 3.05) is 20.1 Å². The third kappa shape index (κ3) is 5.19. The minimum Gasteiger partial charge on any atom is -0.368 e. The summed E-state index contributed by atoms with van der Waals surface area (Å²) in [7, 11) is 2.05. The maximum Gasteiger partial charge on any atom is 0.234 e. The highest BCUT2D eigenvalue weighted by Crippen LogP contribution is 1.98. The Morgan fingerprint density at radius 2 is 2.07 bits per heavy atom. The van der Waals surface area contributed by atoms with Crippen molar-refractivity contribution in [1.29, 1.82) is 0 Å². The predicted octanol–water partition coefficient (Wildman–Crippen LogP) is 0.180.